The molecule has 1 aliphatic rings. The number of aromatic hydroxyl groups is 1. The number of hydrogen-bond acceptors (Lipinski definition) is 11. The first kappa shape index (κ1) is 43.3. The molecule has 1 fully saturated rings. The molecule has 1 aliphatic heterocycles. The standard InChI is InChI=1S/C36H48N8O11/c1-20(31(49)42-26(36(54)55)17-22-9-11-23(46)12-10-22)40-33(51)25(16-21-6-3-2-4-7-21)41-34(52)27(19-45)43-35(53)28-8-5-15-44(28)30(48)18-39-32(50)24(37)13-14-29(38)47/h2-4,6-7,9-12,20,24-28,45-46H,5,8,13-19,37H2,1H3,(H2,38,47)(H,39,50)(H,40,51)(H,41,52)(H,42,49)(H,43,53)(H,54,55)/t20-,24-,25-,26-,27-,28-/m0/s1. The first-order valence-electron chi connectivity index (χ1n) is 17.6. The Balaban J connectivity index is 1.64. The fraction of sp³-hybridized carbons (Fsp3) is 0.444. The van der Waals surface area contributed by atoms with Gasteiger partial charge < -0.3 is 58.3 Å². The lowest BCUT2D eigenvalue weighted by Crippen LogP contribution is -2.59. The van der Waals surface area contributed by atoms with Gasteiger partial charge >= 0.3 is 5.97 Å². The van der Waals surface area contributed by atoms with Gasteiger partial charge in [0.25, 0.3) is 0 Å². The largest absolute Gasteiger partial charge is 0.508 e. The number of carbonyl (C=O) groups is 8. The van der Waals surface area contributed by atoms with Gasteiger partial charge in [0.2, 0.25) is 41.4 Å². The number of primary amides is 1. The predicted octanol–water partition coefficient (Wildman–Crippen LogP) is -3.09. The highest BCUT2D eigenvalue weighted by molar-refractivity contribution is 5.96. The van der Waals surface area contributed by atoms with E-state index in [0.717, 1.165) is 0 Å². The molecule has 0 aromatic heterocycles. The minimum Gasteiger partial charge on any atom is -0.508 e. The van der Waals surface area contributed by atoms with Gasteiger partial charge in [0.05, 0.1) is 19.2 Å². The molecule has 0 bridgehead atoms. The van der Waals surface area contributed by atoms with Crippen LogP contribution in [0.4, 0.5) is 0 Å². The number of carbonyl (C=O) groups excluding carboxylic acids is 7. The van der Waals surface area contributed by atoms with E-state index in [2.05, 4.69) is 26.6 Å². The van der Waals surface area contributed by atoms with Gasteiger partial charge in [-0.3, -0.25) is 33.6 Å². The van der Waals surface area contributed by atoms with Gasteiger partial charge in [-0.1, -0.05) is 42.5 Å². The van der Waals surface area contributed by atoms with Crippen molar-refractivity contribution in [1.82, 2.24) is 31.5 Å². The zero-order valence-corrected chi connectivity index (χ0v) is 30.2. The topological polar surface area (TPSA) is 313 Å². The number of aliphatic carboxylic acids is 1. The summed E-state index contributed by atoms with van der Waals surface area (Å²) in [6.07, 6.45) is 0.332. The van der Waals surface area contributed by atoms with Crippen LogP contribution in [0.25, 0.3) is 0 Å². The molecule has 2 aromatic carbocycles. The highest BCUT2D eigenvalue weighted by Crippen LogP contribution is 2.18. The van der Waals surface area contributed by atoms with Crippen LogP contribution in [0.2, 0.25) is 0 Å². The Hall–Kier alpha value is -6.08. The average molecular weight is 769 g/mol. The Bertz CT molecular complexity index is 1690. The summed E-state index contributed by atoms with van der Waals surface area (Å²) in [6, 6.07) is 6.65. The molecule has 3 rings (SSSR count). The number of carboxylic acids is 1. The van der Waals surface area contributed by atoms with Crippen LogP contribution in [0.5, 0.6) is 5.75 Å². The van der Waals surface area contributed by atoms with Crippen LogP contribution in [0.3, 0.4) is 0 Å². The molecule has 7 amide bonds. The maximum Gasteiger partial charge on any atom is 0.326 e. The summed E-state index contributed by atoms with van der Waals surface area (Å²) < 4.78 is 0. The van der Waals surface area contributed by atoms with E-state index in [0.29, 0.717) is 17.5 Å². The molecular formula is C36H48N8O11. The van der Waals surface area contributed by atoms with Crippen LogP contribution in [-0.2, 0) is 51.2 Å². The second-order valence-corrected chi connectivity index (χ2v) is 13.1. The van der Waals surface area contributed by atoms with Crippen molar-refractivity contribution in [2.45, 2.75) is 81.7 Å². The molecule has 55 heavy (non-hydrogen) atoms. The van der Waals surface area contributed by atoms with E-state index in [9.17, 15) is 53.7 Å². The van der Waals surface area contributed by atoms with Crippen LogP contribution in [-0.4, -0.2) is 123 Å². The quantitative estimate of drug-likeness (QED) is 0.0641. The van der Waals surface area contributed by atoms with Crippen molar-refractivity contribution in [1.29, 1.82) is 0 Å². The van der Waals surface area contributed by atoms with Crippen molar-refractivity contribution in [2.24, 2.45) is 11.5 Å². The first-order valence-corrected chi connectivity index (χ1v) is 17.6. The van der Waals surface area contributed by atoms with E-state index in [1.54, 1.807) is 30.3 Å². The Labute approximate surface area is 316 Å². The molecule has 0 spiro atoms. The summed E-state index contributed by atoms with van der Waals surface area (Å²) >= 11 is 0. The Morgan fingerprint density at radius 1 is 0.800 bits per heavy atom. The second kappa shape index (κ2) is 21.0. The van der Waals surface area contributed by atoms with E-state index in [1.165, 1.54) is 36.1 Å². The summed E-state index contributed by atoms with van der Waals surface area (Å²) in [6.45, 7) is 0.126. The van der Waals surface area contributed by atoms with Crippen molar-refractivity contribution < 1.29 is 53.7 Å². The molecule has 0 radical (unpaired) electrons. The number of aliphatic hydroxyl groups is 1. The zero-order valence-electron chi connectivity index (χ0n) is 30.2. The highest BCUT2D eigenvalue weighted by atomic mass is 16.4. The number of phenols is 1. The number of rotatable bonds is 20. The molecule has 0 unspecified atom stereocenters. The van der Waals surface area contributed by atoms with E-state index in [1.807, 2.05) is 0 Å². The van der Waals surface area contributed by atoms with Crippen LogP contribution >= 0.6 is 0 Å². The summed E-state index contributed by atoms with van der Waals surface area (Å²) in [4.78, 5) is 103. The van der Waals surface area contributed by atoms with Crippen molar-refractivity contribution in [2.75, 3.05) is 19.7 Å². The fourth-order valence-electron chi connectivity index (χ4n) is 5.70. The molecule has 0 aliphatic carbocycles. The second-order valence-electron chi connectivity index (χ2n) is 13.1. The number of carboxylic acid groups (broad SMARTS) is 1. The van der Waals surface area contributed by atoms with Gasteiger partial charge in [-0.2, -0.15) is 0 Å². The zero-order chi connectivity index (χ0) is 40.7. The molecular weight excluding hydrogens is 720 g/mol. The minimum absolute atomic E-state index is 0.0183. The summed E-state index contributed by atoms with van der Waals surface area (Å²) in [5.74, 6) is -6.64. The highest BCUT2D eigenvalue weighted by Gasteiger charge is 2.37. The number of amides is 7. The third kappa shape index (κ3) is 13.7. The lowest BCUT2D eigenvalue weighted by Gasteiger charge is -2.27. The van der Waals surface area contributed by atoms with E-state index >= 15 is 0 Å². The Kier molecular flexibility index (Phi) is 16.5. The fourth-order valence-corrected chi connectivity index (χ4v) is 5.70. The van der Waals surface area contributed by atoms with Crippen LogP contribution < -0.4 is 38.1 Å². The monoisotopic (exact) mass is 768 g/mol. The van der Waals surface area contributed by atoms with E-state index in [4.69, 9.17) is 11.5 Å². The lowest BCUT2D eigenvalue weighted by atomic mass is 10.0. The predicted molar refractivity (Wildman–Crippen MR) is 194 cm³/mol. The number of phenolic OH excluding ortho intramolecular Hbond substituents is 1. The number of aliphatic hydroxyl groups excluding tert-OH is 1. The Morgan fingerprint density at radius 2 is 1.40 bits per heavy atom. The van der Waals surface area contributed by atoms with Crippen LogP contribution in [0, 0.1) is 0 Å². The SMILES string of the molecule is C[C@H](NC(=O)[C@H](Cc1ccccc1)NC(=O)[C@H](CO)NC(=O)[C@@H]1CCCN1C(=O)CNC(=O)[C@@H](N)CCC(N)=O)C(=O)N[C@@H](Cc1ccc(O)cc1)C(=O)O. The molecule has 298 valence electrons. The first-order chi connectivity index (χ1) is 26.1. The van der Waals surface area contributed by atoms with Gasteiger partial charge in [-0.25, -0.2) is 4.79 Å². The van der Waals surface area contributed by atoms with Crippen molar-refractivity contribution in [3.05, 3.63) is 65.7 Å². The molecule has 6 atom stereocenters. The van der Waals surface area contributed by atoms with Gasteiger partial charge in [0.15, 0.2) is 0 Å². The lowest BCUT2D eigenvalue weighted by molar-refractivity contribution is -0.142. The molecule has 19 nitrogen and oxygen atoms in total. The molecule has 12 N–H and O–H groups in total. The molecule has 2 aromatic rings. The molecule has 0 saturated carbocycles. The number of hydrogen-bond donors (Lipinski definition) is 10. The van der Waals surface area contributed by atoms with Crippen molar-refractivity contribution in [3.63, 3.8) is 0 Å². The average Bonchev–Trinajstić information content (AvgIpc) is 3.66. The third-order valence-corrected chi connectivity index (χ3v) is 8.80. The Morgan fingerprint density at radius 3 is 2.02 bits per heavy atom. The normalized spacial score (nSPS) is 16.3. The van der Waals surface area contributed by atoms with E-state index < -0.39 is 96.7 Å². The minimum atomic E-state index is -1.56. The van der Waals surface area contributed by atoms with Crippen LogP contribution in [0.15, 0.2) is 54.6 Å². The molecule has 1 saturated heterocycles. The van der Waals surface area contributed by atoms with Gasteiger partial charge in [0, 0.05) is 25.8 Å². The van der Waals surface area contributed by atoms with Crippen molar-refractivity contribution in [3.8, 4) is 5.75 Å². The summed E-state index contributed by atoms with van der Waals surface area (Å²) in [5.41, 5.74) is 11.9. The van der Waals surface area contributed by atoms with Gasteiger partial charge in [-0.15, -0.1) is 0 Å². The summed E-state index contributed by atoms with van der Waals surface area (Å²) in [7, 11) is 0. The number of nitrogens with one attached hydrogen (secondary N) is 5. The number of nitrogens with two attached hydrogens (primary N) is 2. The van der Waals surface area contributed by atoms with Gasteiger partial charge in [-0.05, 0) is 49.4 Å². The van der Waals surface area contributed by atoms with Gasteiger partial charge in [0.1, 0.15) is 36.0 Å². The number of nitrogens with zero attached hydrogens (tertiary/aromatic N) is 1. The smallest absolute Gasteiger partial charge is 0.326 e. The maximum absolute atomic E-state index is 13.5. The molecule has 1 heterocycles. The number of likely N-dealkylation sites (tertiary alicyclic amines) is 1. The number of benzene rings is 2. The third-order valence-electron chi connectivity index (χ3n) is 8.80. The van der Waals surface area contributed by atoms with Crippen LogP contribution in [0.1, 0.15) is 43.7 Å². The molecule has 19 heteroatoms. The summed E-state index contributed by atoms with van der Waals surface area (Å²) in [5, 5.41) is 41.4. The maximum atomic E-state index is 13.5. The van der Waals surface area contributed by atoms with E-state index in [-0.39, 0.29) is 44.4 Å². The van der Waals surface area contributed by atoms with Crippen molar-refractivity contribution >= 4 is 47.3 Å².